The number of carbonyl (C=O) groups is 1. The zero-order valence-corrected chi connectivity index (χ0v) is 6.05. The van der Waals surface area contributed by atoms with E-state index in [4.69, 9.17) is 5.11 Å². The molecule has 2 nitrogen and oxygen atoms in total. The summed E-state index contributed by atoms with van der Waals surface area (Å²) in [7, 11) is 0. The lowest BCUT2D eigenvalue weighted by Crippen LogP contribution is -2.08. The third-order valence-electron chi connectivity index (χ3n) is 1.41. The quantitative estimate of drug-likeness (QED) is 0.609. The first kappa shape index (κ1) is 12.4. The molecule has 0 rings (SSSR count). The zero-order valence-electron chi connectivity index (χ0n) is 6.05. The van der Waals surface area contributed by atoms with E-state index in [1.54, 1.807) is 6.92 Å². The monoisotopic (exact) mass is 162 g/mol. The summed E-state index contributed by atoms with van der Waals surface area (Å²) < 4.78 is 0. The summed E-state index contributed by atoms with van der Waals surface area (Å²) in [4.78, 5) is 10.2. The second kappa shape index (κ2) is 6.80. The highest BCUT2D eigenvalue weighted by Gasteiger charge is 2.08. The Labute approximate surface area is 66.7 Å². The van der Waals surface area contributed by atoms with Gasteiger partial charge in [-0.2, -0.15) is 0 Å². The van der Waals surface area contributed by atoms with Crippen molar-refractivity contribution >= 4 is 16.9 Å². The number of hydrogen-bond acceptors (Lipinski definition) is 1. The molecule has 1 unspecified atom stereocenters. The van der Waals surface area contributed by atoms with Crippen molar-refractivity contribution < 1.29 is 9.90 Å². The first-order chi connectivity index (χ1) is 4.18. The van der Waals surface area contributed by atoms with Crippen LogP contribution in [-0.2, 0) is 4.79 Å². The summed E-state index contributed by atoms with van der Waals surface area (Å²) >= 11 is 0. The van der Waals surface area contributed by atoms with Gasteiger partial charge in [0, 0.05) is 0 Å². The van der Waals surface area contributed by atoms with Crippen LogP contribution >= 0.6 is 0 Å². The third kappa shape index (κ3) is 5.82. The topological polar surface area (TPSA) is 37.3 Å². The first-order valence-electron chi connectivity index (χ1n) is 3.41. The molecular weight excluding hydrogens is 144 g/mol. The van der Waals surface area contributed by atoms with Crippen LogP contribution < -0.4 is 0 Å². The lowest BCUT2D eigenvalue weighted by atomic mass is 10.1. The van der Waals surface area contributed by atoms with Gasteiger partial charge in [-0.3, -0.25) is 4.79 Å². The molecule has 1 N–H and O–H groups in total. The van der Waals surface area contributed by atoms with Gasteiger partial charge in [-0.1, -0.05) is 26.7 Å². The van der Waals surface area contributed by atoms with E-state index in [0.717, 1.165) is 19.3 Å². The van der Waals surface area contributed by atoms with Crippen molar-refractivity contribution in [3.63, 3.8) is 0 Å². The maximum atomic E-state index is 10.2. The van der Waals surface area contributed by atoms with Crippen LogP contribution in [0.4, 0.5) is 0 Å². The molecule has 0 aromatic carbocycles. The fraction of sp³-hybridized carbons (Fsp3) is 0.857. The lowest BCUT2D eigenvalue weighted by Gasteiger charge is -2.02. The Morgan fingerprint density at radius 2 is 2.10 bits per heavy atom. The molecule has 0 aromatic heterocycles. The Morgan fingerprint density at radius 1 is 1.60 bits per heavy atom. The van der Waals surface area contributed by atoms with Gasteiger partial charge < -0.3 is 5.11 Å². The minimum Gasteiger partial charge on any atom is -0.481 e. The summed E-state index contributed by atoms with van der Waals surface area (Å²) in [5, 5.41) is 8.41. The molecule has 10 heavy (non-hydrogen) atoms. The molecule has 0 saturated carbocycles. The average Bonchev–Trinajstić information content (AvgIpc) is 1.82. The normalized spacial score (nSPS) is 11.8. The Bertz CT molecular complexity index is 93.6. The Kier molecular flexibility index (Phi) is 8.41. The molecule has 0 saturated heterocycles. The van der Waals surface area contributed by atoms with Crippen LogP contribution in [0.25, 0.3) is 0 Å². The van der Waals surface area contributed by atoms with Crippen LogP contribution in [-0.4, -0.2) is 22.0 Å². The number of carboxylic acids is 1. The first-order valence-corrected chi connectivity index (χ1v) is 3.41. The predicted octanol–water partition coefficient (Wildman–Crippen LogP) is 0.446. The van der Waals surface area contributed by atoms with E-state index in [9.17, 15) is 4.79 Å². The summed E-state index contributed by atoms with van der Waals surface area (Å²) in [5.74, 6) is -0.839. The van der Waals surface area contributed by atoms with E-state index in [-0.39, 0.29) is 16.9 Å². The average molecular weight is 162 g/mol. The third-order valence-corrected chi connectivity index (χ3v) is 1.41. The summed E-state index contributed by atoms with van der Waals surface area (Å²) in [6.45, 7) is 3.81. The smallest absolute Gasteiger partial charge is 0.306 e. The van der Waals surface area contributed by atoms with E-state index in [2.05, 4.69) is 6.92 Å². The SMILES string of the molecule is CCCCC(C)C(=O)O.[SiH4]. The molecule has 0 radical (unpaired) electrons. The largest absolute Gasteiger partial charge is 0.481 e. The Hall–Kier alpha value is -0.313. The molecule has 0 amide bonds. The minimum absolute atomic E-state index is 0. The van der Waals surface area contributed by atoms with Gasteiger partial charge >= 0.3 is 5.97 Å². The fourth-order valence-corrected chi connectivity index (χ4v) is 0.634. The number of carboxylic acid groups (broad SMARTS) is 1. The molecule has 0 spiro atoms. The molecule has 0 aliphatic rings. The van der Waals surface area contributed by atoms with Crippen LogP contribution in [0.3, 0.4) is 0 Å². The highest BCUT2D eigenvalue weighted by Crippen LogP contribution is 2.06. The Balaban J connectivity index is 0. The van der Waals surface area contributed by atoms with Crippen molar-refractivity contribution in [1.82, 2.24) is 0 Å². The highest BCUT2D eigenvalue weighted by atomic mass is 28.1. The number of aliphatic carboxylic acids is 1. The molecule has 0 fully saturated rings. The van der Waals surface area contributed by atoms with Crippen molar-refractivity contribution in [3.8, 4) is 0 Å². The number of hydrogen-bond donors (Lipinski definition) is 1. The molecule has 0 bridgehead atoms. The maximum Gasteiger partial charge on any atom is 0.306 e. The predicted molar refractivity (Wildman–Crippen MR) is 47.7 cm³/mol. The lowest BCUT2D eigenvalue weighted by molar-refractivity contribution is -0.141. The van der Waals surface area contributed by atoms with E-state index >= 15 is 0 Å². The zero-order chi connectivity index (χ0) is 7.28. The van der Waals surface area contributed by atoms with Gasteiger partial charge in [-0.05, 0) is 17.4 Å². The minimum atomic E-state index is -0.677. The molecule has 0 aliphatic heterocycles. The molecule has 62 valence electrons. The van der Waals surface area contributed by atoms with Gasteiger partial charge in [0.15, 0.2) is 0 Å². The highest BCUT2D eigenvalue weighted by molar-refractivity contribution is 5.75. The molecule has 0 aromatic rings. The van der Waals surface area contributed by atoms with Crippen LogP contribution in [0, 0.1) is 5.92 Å². The standard InChI is InChI=1S/C7H14O2.H4Si/c1-3-4-5-6(2)7(8)9;/h6H,3-5H2,1-2H3,(H,8,9);1H4. The van der Waals surface area contributed by atoms with Gasteiger partial charge in [-0.25, -0.2) is 0 Å². The van der Waals surface area contributed by atoms with Crippen molar-refractivity contribution in [2.75, 3.05) is 0 Å². The second-order valence-electron chi connectivity index (χ2n) is 2.38. The van der Waals surface area contributed by atoms with E-state index in [0.29, 0.717) is 0 Å². The van der Waals surface area contributed by atoms with Crippen molar-refractivity contribution in [2.45, 2.75) is 33.1 Å². The summed E-state index contributed by atoms with van der Waals surface area (Å²) in [6.07, 6.45) is 2.91. The van der Waals surface area contributed by atoms with Crippen molar-refractivity contribution in [3.05, 3.63) is 0 Å². The van der Waals surface area contributed by atoms with Gasteiger partial charge in [0.1, 0.15) is 0 Å². The second-order valence-corrected chi connectivity index (χ2v) is 2.38. The molecule has 1 atom stereocenters. The fourth-order valence-electron chi connectivity index (χ4n) is 0.634. The van der Waals surface area contributed by atoms with Crippen LogP contribution in [0.2, 0.25) is 0 Å². The van der Waals surface area contributed by atoms with E-state index < -0.39 is 5.97 Å². The van der Waals surface area contributed by atoms with Crippen LogP contribution in [0.15, 0.2) is 0 Å². The molecule has 0 heterocycles. The van der Waals surface area contributed by atoms with E-state index in [1.807, 2.05) is 0 Å². The number of unbranched alkanes of at least 4 members (excludes halogenated alkanes) is 1. The molecule has 0 aliphatic carbocycles. The Morgan fingerprint density at radius 3 is 2.40 bits per heavy atom. The van der Waals surface area contributed by atoms with Crippen molar-refractivity contribution in [1.29, 1.82) is 0 Å². The summed E-state index contributed by atoms with van der Waals surface area (Å²) in [5.41, 5.74) is 0. The van der Waals surface area contributed by atoms with Crippen LogP contribution in [0.5, 0.6) is 0 Å². The van der Waals surface area contributed by atoms with Crippen molar-refractivity contribution in [2.24, 2.45) is 5.92 Å². The summed E-state index contributed by atoms with van der Waals surface area (Å²) in [6, 6.07) is 0. The molecule has 3 heteroatoms. The van der Waals surface area contributed by atoms with Gasteiger partial charge in [0.2, 0.25) is 0 Å². The van der Waals surface area contributed by atoms with E-state index in [1.165, 1.54) is 0 Å². The van der Waals surface area contributed by atoms with Gasteiger partial charge in [0.25, 0.3) is 0 Å². The van der Waals surface area contributed by atoms with Gasteiger partial charge in [-0.15, -0.1) is 0 Å². The van der Waals surface area contributed by atoms with Crippen LogP contribution in [0.1, 0.15) is 33.1 Å². The molecular formula is C7H18O2Si. The van der Waals surface area contributed by atoms with Gasteiger partial charge in [0.05, 0.1) is 5.92 Å². The maximum absolute atomic E-state index is 10.2. The number of rotatable bonds is 4.